The molecule has 1 amide bonds. The molecule has 0 atom stereocenters. The van der Waals surface area contributed by atoms with Crippen LogP contribution in [0.25, 0.3) is 0 Å². The van der Waals surface area contributed by atoms with E-state index in [9.17, 15) is 14.4 Å². The Morgan fingerprint density at radius 2 is 1.34 bits per heavy atom. The van der Waals surface area contributed by atoms with Gasteiger partial charge in [-0.3, -0.25) is 9.59 Å². The van der Waals surface area contributed by atoms with Crippen molar-refractivity contribution in [2.75, 3.05) is 17.7 Å². The fraction of sp³-hybridized carbons (Fsp3) is 0.0952. The third-order valence-electron chi connectivity index (χ3n) is 4.03. The highest BCUT2D eigenvalue weighted by atomic mass is 16.5. The smallest absolute Gasteiger partial charge is 0.337 e. The first kappa shape index (κ1) is 19.7. The summed E-state index contributed by atoms with van der Waals surface area (Å²) in [7, 11) is 1.30. The van der Waals surface area contributed by atoms with Gasteiger partial charge in [0.05, 0.1) is 18.2 Å². The van der Waals surface area contributed by atoms with Crippen molar-refractivity contribution in [3.63, 3.8) is 0 Å². The van der Waals surface area contributed by atoms with Crippen LogP contribution in [0.15, 0.2) is 60.9 Å². The highest BCUT2D eigenvalue weighted by Gasteiger charge is 2.10. The van der Waals surface area contributed by atoms with E-state index in [1.165, 1.54) is 26.4 Å². The second-order valence-electron chi connectivity index (χ2n) is 6.08. The Morgan fingerprint density at radius 3 is 1.90 bits per heavy atom. The zero-order valence-corrected chi connectivity index (χ0v) is 15.8. The highest BCUT2D eigenvalue weighted by Crippen LogP contribution is 2.15. The molecule has 146 valence electrons. The van der Waals surface area contributed by atoms with Crippen molar-refractivity contribution in [3.8, 4) is 0 Å². The number of nitrogens with one attached hydrogen (secondary N) is 2. The van der Waals surface area contributed by atoms with Crippen molar-refractivity contribution in [3.05, 3.63) is 77.6 Å². The number of carbonyl (C=O) groups is 3. The van der Waals surface area contributed by atoms with E-state index >= 15 is 0 Å². The maximum absolute atomic E-state index is 12.3. The minimum absolute atomic E-state index is 0.0110. The number of anilines is 3. The van der Waals surface area contributed by atoms with Crippen molar-refractivity contribution in [2.24, 2.45) is 0 Å². The van der Waals surface area contributed by atoms with Gasteiger partial charge in [-0.15, -0.1) is 0 Å². The molecule has 0 fully saturated rings. The Balaban J connectivity index is 1.62. The van der Waals surface area contributed by atoms with Gasteiger partial charge in [0.15, 0.2) is 5.78 Å². The molecule has 0 aliphatic rings. The van der Waals surface area contributed by atoms with E-state index in [2.05, 4.69) is 25.3 Å². The average molecular weight is 390 g/mol. The molecule has 0 aliphatic heterocycles. The largest absolute Gasteiger partial charge is 0.465 e. The molecular weight excluding hydrogens is 372 g/mol. The second-order valence-corrected chi connectivity index (χ2v) is 6.08. The first-order valence-electron chi connectivity index (χ1n) is 8.66. The average Bonchev–Trinajstić information content (AvgIpc) is 2.74. The molecule has 0 unspecified atom stereocenters. The molecule has 0 spiro atoms. The number of ether oxygens (including phenoxy) is 1. The Labute approximate surface area is 167 Å². The number of Topliss-reactive ketones (excluding diaryl/α,β-unsaturated/α-hetero) is 1. The van der Waals surface area contributed by atoms with Crippen molar-refractivity contribution in [2.45, 2.75) is 6.92 Å². The Kier molecular flexibility index (Phi) is 5.94. The topological polar surface area (TPSA) is 110 Å². The number of amides is 1. The maximum Gasteiger partial charge on any atom is 0.337 e. The minimum atomic E-state index is -0.449. The summed E-state index contributed by atoms with van der Waals surface area (Å²) < 4.78 is 4.63. The molecule has 1 aromatic heterocycles. The summed E-state index contributed by atoms with van der Waals surface area (Å²) in [6.07, 6.45) is 2.80. The molecule has 0 saturated carbocycles. The molecule has 8 nitrogen and oxygen atoms in total. The summed E-state index contributed by atoms with van der Waals surface area (Å²) in [6.45, 7) is 1.50. The quantitative estimate of drug-likeness (QED) is 0.490. The molecule has 1 heterocycles. The normalized spacial score (nSPS) is 10.1. The molecule has 2 aromatic carbocycles. The summed E-state index contributed by atoms with van der Waals surface area (Å²) >= 11 is 0. The van der Waals surface area contributed by atoms with Crippen molar-refractivity contribution >= 4 is 35.0 Å². The van der Waals surface area contributed by atoms with Gasteiger partial charge >= 0.3 is 5.97 Å². The number of methoxy groups -OCH3 is 1. The van der Waals surface area contributed by atoms with E-state index in [4.69, 9.17) is 0 Å². The first-order valence-corrected chi connectivity index (χ1v) is 8.66. The summed E-state index contributed by atoms with van der Waals surface area (Å²) in [5, 5.41) is 5.70. The van der Waals surface area contributed by atoms with Gasteiger partial charge < -0.3 is 15.4 Å². The number of ketones is 1. The van der Waals surface area contributed by atoms with E-state index in [1.54, 1.807) is 48.5 Å². The van der Waals surface area contributed by atoms with Gasteiger partial charge in [0.2, 0.25) is 5.95 Å². The van der Waals surface area contributed by atoms with Gasteiger partial charge in [0.25, 0.3) is 5.91 Å². The monoisotopic (exact) mass is 390 g/mol. The Morgan fingerprint density at radius 1 is 0.793 bits per heavy atom. The molecule has 0 bridgehead atoms. The number of hydrogen-bond acceptors (Lipinski definition) is 7. The van der Waals surface area contributed by atoms with E-state index in [0.29, 0.717) is 22.8 Å². The van der Waals surface area contributed by atoms with Crippen LogP contribution >= 0.6 is 0 Å². The van der Waals surface area contributed by atoms with E-state index < -0.39 is 5.97 Å². The Hall–Kier alpha value is -4.07. The van der Waals surface area contributed by atoms with E-state index in [0.717, 1.165) is 5.69 Å². The number of rotatable bonds is 6. The molecule has 0 aliphatic carbocycles. The number of nitrogens with zero attached hydrogens (tertiary/aromatic N) is 2. The highest BCUT2D eigenvalue weighted by molar-refractivity contribution is 6.04. The molecule has 8 heteroatoms. The van der Waals surface area contributed by atoms with Crippen LogP contribution in [0.2, 0.25) is 0 Å². The Bertz CT molecular complexity index is 1030. The van der Waals surface area contributed by atoms with Crippen LogP contribution in [0.5, 0.6) is 0 Å². The van der Waals surface area contributed by atoms with Gasteiger partial charge in [-0.2, -0.15) is 0 Å². The van der Waals surface area contributed by atoms with Gasteiger partial charge in [-0.05, 0) is 55.5 Å². The molecule has 0 saturated heterocycles. The summed E-state index contributed by atoms with van der Waals surface area (Å²) in [5.41, 5.74) is 2.52. The fourth-order valence-corrected chi connectivity index (χ4v) is 2.44. The van der Waals surface area contributed by atoms with Gasteiger partial charge in [0.1, 0.15) is 0 Å². The molecule has 0 radical (unpaired) electrons. The SMILES string of the molecule is COC(=O)c1ccc(NC(=O)c2cnc(Nc3ccc(C(C)=O)cc3)nc2)cc1. The molecule has 3 rings (SSSR count). The lowest BCUT2D eigenvalue weighted by atomic mass is 10.1. The van der Waals surface area contributed by atoms with Crippen molar-refractivity contribution in [1.82, 2.24) is 9.97 Å². The lowest BCUT2D eigenvalue weighted by molar-refractivity contribution is 0.0600. The van der Waals surface area contributed by atoms with Gasteiger partial charge in [0, 0.05) is 29.3 Å². The standard InChI is InChI=1S/C21H18N4O4/c1-13(26)14-3-7-18(8-4-14)25-21-22-11-16(12-23-21)19(27)24-17-9-5-15(6-10-17)20(28)29-2/h3-12H,1-2H3,(H,24,27)(H,22,23,25). The maximum atomic E-state index is 12.3. The van der Waals surface area contributed by atoms with Crippen molar-refractivity contribution in [1.29, 1.82) is 0 Å². The molecule has 3 aromatic rings. The fourth-order valence-electron chi connectivity index (χ4n) is 2.44. The first-order chi connectivity index (χ1) is 14.0. The van der Waals surface area contributed by atoms with E-state index in [-0.39, 0.29) is 17.3 Å². The van der Waals surface area contributed by atoms with Crippen LogP contribution in [0.1, 0.15) is 38.0 Å². The number of carbonyl (C=O) groups excluding carboxylic acids is 3. The second kappa shape index (κ2) is 8.75. The van der Waals surface area contributed by atoms with Crippen LogP contribution < -0.4 is 10.6 Å². The summed E-state index contributed by atoms with van der Waals surface area (Å²) in [4.78, 5) is 43.3. The zero-order valence-electron chi connectivity index (χ0n) is 15.8. The summed E-state index contributed by atoms with van der Waals surface area (Å²) in [5.74, 6) is -0.522. The number of aromatic nitrogens is 2. The molecule has 29 heavy (non-hydrogen) atoms. The molecule has 2 N–H and O–H groups in total. The number of benzene rings is 2. The molecular formula is C21H18N4O4. The zero-order chi connectivity index (χ0) is 20.8. The van der Waals surface area contributed by atoms with Gasteiger partial charge in [-0.25, -0.2) is 14.8 Å². The lowest BCUT2D eigenvalue weighted by Crippen LogP contribution is -2.13. The van der Waals surface area contributed by atoms with Crippen LogP contribution in [0.4, 0.5) is 17.3 Å². The lowest BCUT2D eigenvalue weighted by Gasteiger charge is -2.07. The predicted molar refractivity (Wildman–Crippen MR) is 107 cm³/mol. The van der Waals surface area contributed by atoms with Crippen molar-refractivity contribution < 1.29 is 19.1 Å². The summed E-state index contributed by atoms with van der Waals surface area (Å²) in [6, 6.07) is 13.2. The van der Waals surface area contributed by atoms with Crippen LogP contribution in [-0.2, 0) is 4.74 Å². The van der Waals surface area contributed by atoms with Crippen LogP contribution in [-0.4, -0.2) is 34.7 Å². The van der Waals surface area contributed by atoms with Crippen LogP contribution in [0.3, 0.4) is 0 Å². The van der Waals surface area contributed by atoms with Crippen LogP contribution in [0, 0.1) is 0 Å². The van der Waals surface area contributed by atoms with Gasteiger partial charge in [-0.1, -0.05) is 0 Å². The third kappa shape index (κ3) is 5.01. The number of esters is 1. The minimum Gasteiger partial charge on any atom is -0.465 e. The third-order valence-corrected chi connectivity index (χ3v) is 4.03. The predicted octanol–water partition coefficient (Wildman–Crippen LogP) is 3.46. The van der Waals surface area contributed by atoms with E-state index in [1.807, 2.05) is 0 Å². The number of hydrogen-bond donors (Lipinski definition) is 2.